The van der Waals surface area contributed by atoms with Gasteiger partial charge in [0.15, 0.2) is 0 Å². The van der Waals surface area contributed by atoms with Gasteiger partial charge in [0.2, 0.25) is 0 Å². The maximum Gasteiger partial charge on any atom is 0.0239 e. The van der Waals surface area contributed by atoms with Crippen LogP contribution in [0.4, 0.5) is 0 Å². The number of aryl methyl sites for hydroxylation is 3. The minimum absolute atomic E-state index is 0. The van der Waals surface area contributed by atoms with E-state index in [9.17, 15) is 0 Å². The molecule has 1 aromatic rings. The van der Waals surface area contributed by atoms with E-state index >= 15 is 0 Å². The molecule has 108 valence electrons. The van der Waals surface area contributed by atoms with Crippen molar-refractivity contribution in [1.82, 2.24) is 4.90 Å². The van der Waals surface area contributed by atoms with Crippen LogP contribution in [0.3, 0.4) is 0 Å². The molecule has 3 heteroatoms. The summed E-state index contributed by atoms with van der Waals surface area (Å²) < 4.78 is 0. The summed E-state index contributed by atoms with van der Waals surface area (Å²) in [4.78, 5) is 2.55. The first-order valence-electron chi connectivity index (χ1n) is 7.02. The summed E-state index contributed by atoms with van der Waals surface area (Å²) in [5.74, 6) is 0.677. The van der Waals surface area contributed by atoms with Crippen LogP contribution < -0.4 is 5.73 Å². The van der Waals surface area contributed by atoms with Gasteiger partial charge in [-0.2, -0.15) is 0 Å². The third kappa shape index (κ3) is 3.95. The summed E-state index contributed by atoms with van der Waals surface area (Å²) in [5.41, 5.74) is 11.7. The molecule has 1 aliphatic heterocycles. The first-order chi connectivity index (χ1) is 8.47. The van der Waals surface area contributed by atoms with E-state index < -0.39 is 0 Å². The SMILES string of the molecule is Cc1cc(C)c(CN2CCC(C(C)N)C2)c(C)c1.Cl. The van der Waals surface area contributed by atoms with Crippen LogP contribution >= 0.6 is 12.4 Å². The summed E-state index contributed by atoms with van der Waals surface area (Å²) in [6.45, 7) is 12.2. The van der Waals surface area contributed by atoms with Gasteiger partial charge in [0.05, 0.1) is 0 Å². The Labute approximate surface area is 123 Å². The lowest BCUT2D eigenvalue weighted by Crippen LogP contribution is -2.29. The highest BCUT2D eigenvalue weighted by Gasteiger charge is 2.25. The largest absolute Gasteiger partial charge is 0.328 e. The van der Waals surface area contributed by atoms with Gasteiger partial charge in [0.1, 0.15) is 0 Å². The van der Waals surface area contributed by atoms with Gasteiger partial charge >= 0.3 is 0 Å². The molecule has 1 aliphatic rings. The molecule has 0 aromatic heterocycles. The maximum atomic E-state index is 6.01. The van der Waals surface area contributed by atoms with E-state index in [1.165, 1.54) is 35.2 Å². The van der Waals surface area contributed by atoms with Crippen LogP contribution in [-0.4, -0.2) is 24.0 Å². The van der Waals surface area contributed by atoms with Crippen LogP contribution in [0.5, 0.6) is 0 Å². The van der Waals surface area contributed by atoms with Gasteiger partial charge in [0.25, 0.3) is 0 Å². The molecule has 0 bridgehead atoms. The van der Waals surface area contributed by atoms with E-state index in [1.807, 2.05) is 0 Å². The number of rotatable bonds is 3. The Balaban J connectivity index is 0.00000180. The minimum Gasteiger partial charge on any atom is -0.328 e. The van der Waals surface area contributed by atoms with Crippen molar-refractivity contribution in [2.24, 2.45) is 11.7 Å². The maximum absolute atomic E-state index is 6.01. The molecule has 0 aliphatic carbocycles. The predicted octanol–water partition coefficient (Wildman–Crippen LogP) is 3.20. The highest BCUT2D eigenvalue weighted by Crippen LogP contribution is 2.24. The molecule has 1 fully saturated rings. The molecule has 19 heavy (non-hydrogen) atoms. The number of nitrogens with two attached hydrogens (primary N) is 1. The highest BCUT2D eigenvalue weighted by atomic mass is 35.5. The van der Waals surface area contributed by atoms with Crippen molar-refractivity contribution < 1.29 is 0 Å². The average Bonchev–Trinajstić information content (AvgIpc) is 2.71. The zero-order valence-corrected chi connectivity index (χ0v) is 13.4. The molecule has 2 atom stereocenters. The zero-order chi connectivity index (χ0) is 13.3. The Bertz CT molecular complexity index is 406. The summed E-state index contributed by atoms with van der Waals surface area (Å²) in [7, 11) is 0. The van der Waals surface area contributed by atoms with Crippen molar-refractivity contribution in [3.63, 3.8) is 0 Å². The Hall–Kier alpha value is -0.570. The van der Waals surface area contributed by atoms with E-state index in [4.69, 9.17) is 5.73 Å². The fourth-order valence-corrected chi connectivity index (χ4v) is 3.12. The molecule has 1 heterocycles. The second-order valence-electron chi connectivity index (χ2n) is 6.02. The zero-order valence-electron chi connectivity index (χ0n) is 12.6. The van der Waals surface area contributed by atoms with Crippen molar-refractivity contribution in [3.8, 4) is 0 Å². The van der Waals surface area contributed by atoms with Crippen molar-refractivity contribution in [2.75, 3.05) is 13.1 Å². The normalized spacial score (nSPS) is 21.2. The smallest absolute Gasteiger partial charge is 0.0239 e. The fourth-order valence-electron chi connectivity index (χ4n) is 3.12. The Morgan fingerprint density at radius 1 is 1.26 bits per heavy atom. The lowest BCUT2D eigenvalue weighted by Gasteiger charge is -2.20. The van der Waals surface area contributed by atoms with E-state index in [2.05, 4.69) is 44.7 Å². The molecule has 2 nitrogen and oxygen atoms in total. The van der Waals surface area contributed by atoms with Crippen LogP contribution in [0.15, 0.2) is 12.1 Å². The molecule has 0 spiro atoms. The summed E-state index contributed by atoms with van der Waals surface area (Å²) in [5, 5.41) is 0. The summed E-state index contributed by atoms with van der Waals surface area (Å²) in [6, 6.07) is 4.92. The number of halogens is 1. The number of benzene rings is 1. The predicted molar refractivity (Wildman–Crippen MR) is 84.9 cm³/mol. The Kier molecular flexibility index (Phi) is 5.84. The van der Waals surface area contributed by atoms with Gasteiger partial charge in [-0.3, -0.25) is 4.90 Å². The number of hydrogen-bond acceptors (Lipinski definition) is 2. The third-order valence-corrected chi connectivity index (χ3v) is 4.27. The van der Waals surface area contributed by atoms with Crippen LogP contribution in [0.25, 0.3) is 0 Å². The Morgan fingerprint density at radius 2 is 1.84 bits per heavy atom. The van der Waals surface area contributed by atoms with Crippen LogP contribution in [-0.2, 0) is 6.54 Å². The molecule has 0 saturated carbocycles. The number of hydrogen-bond donors (Lipinski definition) is 1. The second kappa shape index (κ2) is 6.74. The highest BCUT2D eigenvalue weighted by molar-refractivity contribution is 5.85. The third-order valence-electron chi connectivity index (χ3n) is 4.27. The van der Waals surface area contributed by atoms with E-state index in [-0.39, 0.29) is 12.4 Å². The Morgan fingerprint density at radius 3 is 2.32 bits per heavy atom. The van der Waals surface area contributed by atoms with Gasteiger partial charge in [-0.05, 0) is 63.3 Å². The van der Waals surface area contributed by atoms with Crippen molar-refractivity contribution in [2.45, 2.75) is 46.7 Å². The fraction of sp³-hybridized carbons (Fsp3) is 0.625. The average molecular weight is 283 g/mol. The van der Waals surface area contributed by atoms with Gasteiger partial charge in [0, 0.05) is 19.1 Å². The second-order valence-corrected chi connectivity index (χ2v) is 6.02. The van der Waals surface area contributed by atoms with E-state index in [0.717, 1.165) is 13.1 Å². The van der Waals surface area contributed by atoms with E-state index in [0.29, 0.717) is 12.0 Å². The summed E-state index contributed by atoms with van der Waals surface area (Å²) in [6.07, 6.45) is 1.25. The molecule has 1 aromatic carbocycles. The van der Waals surface area contributed by atoms with E-state index in [1.54, 1.807) is 0 Å². The number of nitrogens with zero attached hydrogens (tertiary/aromatic N) is 1. The van der Waals surface area contributed by atoms with Crippen molar-refractivity contribution >= 4 is 12.4 Å². The van der Waals surface area contributed by atoms with Gasteiger partial charge in [-0.15, -0.1) is 12.4 Å². The lowest BCUT2D eigenvalue weighted by molar-refractivity contribution is 0.307. The van der Waals surface area contributed by atoms with Crippen LogP contribution in [0.2, 0.25) is 0 Å². The van der Waals surface area contributed by atoms with Crippen molar-refractivity contribution in [3.05, 3.63) is 34.4 Å². The topological polar surface area (TPSA) is 29.3 Å². The molecule has 0 radical (unpaired) electrons. The van der Waals surface area contributed by atoms with Crippen LogP contribution in [0, 0.1) is 26.7 Å². The molecule has 2 N–H and O–H groups in total. The van der Waals surface area contributed by atoms with Gasteiger partial charge < -0.3 is 5.73 Å². The molecule has 2 unspecified atom stereocenters. The lowest BCUT2D eigenvalue weighted by atomic mass is 9.99. The molecular weight excluding hydrogens is 256 g/mol. The quantitative estimate of drug-likeness (QED) is 0.922. The molecule has 2 rings (SSSR count). The minimum atomic E-state index is 0. The van der Waals surface area contributed by atoms with Crippen molar-refractivity contribution in [1.29, 1.82) is 0 Å². The molecule has 0 amide bonds. The van der Waals surface area contributed by atoms with Gasteiger partial charge in [-0.1, -0.05) is 17.7 Å². The first-order valence-corrected chi connectivity index (χ1v) is 7.02. The molecule has 1 saturated heterocycles. The van der Waals surface area contributed by atoms with Crippen LogP contribution in [0.1, 0.15) is 35.6 Å². The number of likely N-dealkylation sites (tertiary alicyclic amines) is 1. The standard InChI is InChI=1S/C16H26N2.ClH/c1-11-7-12(2)16(13(3)8-11)10-18-6-5-15(9-18)14(4)17;/h7-8,14-15H,5-6,9-10,17H2,1-4H3;1H. The first kappa shape index (κ1) is 16.5. The summed E-state index contributed by atoms with van der Waals surface area (Å²) >= 11 is 0. The van der Waals surface area contributed by atoms with Gasteiger partial charge in [-0.25, -0.2) is 0 Å². The monoisotopic (exact) mass is 282 g/mol. The molecular formula is C16H27ClN2.